The molecule has 0 unspecified atom stereocenters. The first-order valence-corrected chi connectivity index (χ1v) is 7.76. The summed E-state index contributed by atoms with van der Waals surface area (Å²) in [6.07, 6.45) is 0.810. The number of hydrogen-bond acceptors (Lipinski definition) is 5. The molecule has 1 heterocycles. The zero-order valence-electron chi connectivity index (χ0n) is 13.5. The molecule has 0 bridgehead atoms. The van der Waals surface area contributed by atoms with Crippen molar-refractivity contribution in [1.82, 2.24) is 9.55 Å². The molecule has 0 fully saturated rings. The monoisotopic (exact) mass is 335 g/mol. The van der Waals surface area contributed by atoms with Crippen LogP contribution in [0.15, 0.2) is 23.0 Å². The van der Waals surface area contributed by atoms with E-state index in [0.29, 0.717) is 29.3 Å². The van der Waals surface area contributed by atoms with Crippen molar-refractivity contribution in [2.75, 3.05) is 20.8 Å². The normalized spacial score (nSPS) is 10.6. The van der Waals surface area contributed by atoms with Gasteiger partial charge in [-0.2, -0.15) is 0 Å². The van der Waals surface area contributed by atoms with Crippen LogP contribution in [0.25, 0.3) is 11.3 Å². The Morgan fingerprint density at radius 3 is 2.48 bits per heavy atom. The summed E-state index contributed by atoms with van der Waals surface area (Å²) >= 11 is 5.26. The van der Waals surface area contributed by atoms with Crippen molar-refractivity contribution in [3.8, 4) is 22.8 Å². The topological polar surface area (TPSA) is 82.3 Å². The van der Waals surface area contributed by atoms with Crippen molar-refractivity contribution in [3.63, 3.8) is 0 Å². The first kappa shape index (κ1) is 17.2. The predicted octanol–water partition coefficient (Wildman–Crippen LogP) is 2.11. The highest BCUT2D eigenvalue weighted by molar-refractivity contribution is 7.71. The quantitative estimate of drug-likeness (QED) is 0.790. The zero-order valence-corrected chi connectivity index (χ0v) is 14.3. The van der Waals surface area contributed by atoms with E-state index >= 15 is 0 Å². The van der Waals surface area contributed by atoms with Crippen molar-refractivity contribution in [3.05, 3.63) is 38.9 Å². The third-order valence-corrected chi connectivity index (χ3v) is 3.97. The van der Waals surface area contributed by atoms with Gasteiger partial charge in [0.15, 0.2) is 4.77 Å². The van der Waals surface area contributed by atoms with Crippen LogP contribution in [0.5, 0.6) is 11.5 Å². The van der Waals surface area contributed by atoms with E-state index in [1.165, 1.54) is 6.07 Å². The Morgan fingerprint density at radius 1 is 1.22 bits per heavy atom. The van der Waals surface area contributed by atoms with E-state index in [9.17, 15) is 4.79 Å². The number of nitrogens with zero attached hydrogens (tertiary/aromatic N) is 1. The molecule has 1 aromatic carbocycles. The summed E-state index contributed by atoms with van der Waals surface area (Å²) in [7, 11) is 3.22. The van der Waals surface area contributed by atoms with Crippen LogP contribution in [0.2, 0.25) is 0 Å². The average Bonchev–Trinajstić information content (AvgIpc) is 2.55. The van der Waals surface area contributed by atoms with Crippen LogP contribution < -0.4 is 20.8 Å². The summed E-state index contributed by atoms with van der Waals surface area (Å²) in [5.74, 6) is 1.40. The number of H-pyrrole nitrogens is 1. The SMILES string of the molecule is CCc1cc(OC)c(-c2cc(=O)[nH]c(=S)n2CCN)cc1OC. The first-order chi connectivity index (χ1) is 11.0. The van der Waals surface area contributed by atoms with E-state index in [1.807, 2.05) is 19.1 Å². The Bertz CT molecular complexity index is 811. The van der Waals surface area contributed by atoms with Gasteiger partial charge in [-0.05, 0) is 36.3 Å². The number of benzene rings is 1. The second kappa shape index (κ2) is 7.43. The molecular weight excluding hydrogens is 314 g/mol. The Balaban J connectivity index is 2.80. The molecule has 2 rings (SSSR count). The smallest absolute Gasteiger partial charge is 0.252 e. The molecule has 2 aromatic rings. The van der Waals surface area contributed by atoms with E-state index in [0.717, 1.165) is 23.3 Å². The number of nitrogens with two attached hydrogens (primary N) is 1. The minimum atomic E-state index is -0.265. The van der Waals surface area contributed by atoms with Crippen LogP contribution in [0.3, 0.4) is 0 Å². The number of aryl methyl sites for hydroxylation is 1. The van der Waals surface area contributed by atoms with Crippen molar-refractivity contribution >= 4 is 12.2 Å². The van der Waals surface area contributed by atoms with E-state index in [-0.39, 0.29) is 5.56 Å². The van der Waals surface area contributed by atoms with Gasteiger partial charge in [0.05, 0.1) is 19.9 Å². The Kier molecular flexibility index (Phi) is 5.57. The fraction of sp³-hybridized carbons (Fsp3) is 0.375. The number of methoxy groups -OCH3 is 2. The van der Waals surface area contributed by atoms with Gasteiger partial charge in [0.1, 0.15) is 11.5 Å². The summed E-state index contributed by atoms with van der Waals surface area (Å²) < 4.78 is 13.1. The third-order valence-electron chi connectivity index (χ3n) is 3.65. The molecule has 23 heavy (non-hydrogen) atoms. The lowest BCUT2D eigenvalue weighted by Crippen LogP contribution is -2.19. The largest absolute Gasteiger partial charge is 0.496 e. The lowest BCUT2D eigenvalue weighted by atomic mass is 10.0. The highest BCUT2D eigenvalue weighted by Crippen LogP contribution is 2.36. The Morgan fingerprint density at radius 2 is 1.91 bits per heavy atom. The van der Waals surface area contributed by atoms with Crippen molar-refractivity contribution < 1.29 is 9.47 Å². The van der Waals surface area contributed by atoms with Gasteiger partial charge in [0.2, 0.25) is 0 Å². The highest BCUT2D eigenvalue weighted by Gasteiger charge is 2.15. The van der Waals surface area contributed by atoms with E-state index in [2.05, 4.69) is 4.98 Å². The van der Waals surface area contributed by atoms with Crippen molar-refractivity contribution in [1.29, 1.82) is 0 Å². The first-order valence-electron chi connectivity index (χ1n) is 7.35. The van der Waals surface area contributed by atoms with Crippen LogP contribution in [0.1, 0.15) is 12.5 Å². The van der Waals surface area contributed by atoms with Gasteiger partial charge in [0.25, 0.3) is 5.56 Å². The third kappa shape index (κ3) is 3.46. The maximum absolute atomic E-state index is 11.9. The zero-order chi connectivity index (χ0) is 17.0. The van der Waals surface area contributed by atoms with Gasteiger partial charge in [-0.1, -0.05) is 6.92 Å². The van der Waals surface area contributed by atoms with Crippen molar-refractivity contribution in [2.24, 2.45) is 5.73 Å². The van der Waals surface area contributed by atoms with E-state index in [4.69, 9.17) is 27.4 Å². The van der Waals surface area contributed by atoms with Crippen LogP contribution >= 0.6 is 12.2 Å². The summed E-state index contributed by atoms with van der Waals surface area (Å²) in [5, 5.41) is 0. The number of nitrogens with one attached hydrogen (secondary N) is 1. The number of ether oxygens (including phenoxy) is 2. The number of hydrogen-bond donors (Lipinski definition) is 2. The second-order valence-corrected chi connectivity index (χ2v) is 5.37. The van der Waals surface area contributed by atoms with E-state index in [1.54, 1.807) is 18.8 Å². The standard InChI is InChI=1S/C16H21N3O3S/c1-4-10-7-14(22-3)11(8-13(10)21-2)12-9-15(20)18-16(23)19(12)6-5-17/h7-9H,4-6,17H2,1-3H3,(H,18,20,23). The lowest BCUT2D eigenvalue weighted by Gasteiger charge is -2.18. The summed E-state index contributed by atoms with van der Waals surface area (Å²) in [6.45, 7) is 2.94. The molecule has 0 aliphatic rings. The Hall–Kier alpha value is -2.12. The van der Waals surface area contributed by atoms with E-state index < -0.39 is 0 Å². The molecule has 7 heteroatoms. The molecule has 0 radical (unpaired) electrons. The minimum absolute atomic E-state index is 0.265. The van der Waals surface area contributed by atoms with Gasteiger partial charge in [0, 0.05) is 24.7 Å². The molecule has 0 atom stereocenters. The Labute approximate surface area is 139 Å². The lowest BCUT2D eigenvalue weighted by molar-refractivity contribution is 0.400. The van der Waals surface area contributed by atoms with Gasteiger partial charge in [-0.25, -0.2) is 0 Å². The summed E-state index contributed by atoms with van der Waals surface area (Å²) in [6, 6.07) is 5.29. The van der Waals surface area contributed by atoms with Gasteiger partial charge >= 0.3 is 0 Å². The molecule has 6 nitrogen and oxygen atoms in total. The van der Waals surface area contributed by atoms with Crippen LogP contribution in [0, 0.1) is 4.77 Å². The highest BCUT2D eigenvalue weighted by atomic mass is 32.1. The summed E-state index contributed by atoms with van der Waals surface area (Å²) in [5.41, 5.74) is 7.83. The molecule has 0 spiro atoms. The fourth-order valence-corrected chi connectivity index (χ4v) is 2.82. The van der Waals surface area contributed by atoms with Gasteiger partial charge in [-0.15, -0.1) is 0 Å². The molecule has 0 aliphatic carbocycles. The average molecular weight is 335 g/mol. The maximum Gasteiger partial charge on any atom is 0.252 e. The fourth-order valence-electron chi connectivity index (χ4n) is 2.53. The number of aromatic nitrogens is 2. The molecular formula is C16H21N3O3S. The van der Waals surface area contributed by atoms with Crippen LogP contribution in [0.4, 0.5) is 0 Å². The molecule has 3 N–H and O–H groups in total. The molecule has 0 amide bonds. The molecule has 0 aliphatic heterocycles. The number of aromatic amines is 1. The predicted molar refractivity (Wildman–Crippen MR) is 92.9 cm³/mol. The van der Waals surface area contributed by atoms with Crippen molar-refractivity contribution in [2.45, 2.75) is 19.9 Å². The molecule has 124 valence electrons. The molecule has 0 saturated carbocycles. The summed E-state index contributed by atoms with van der Waals surface area (Å²) in [4.78, 5) is 14.5. The minimum Gasteiger partial charge on any atom is -0.496 e. The second-order valence-electron chi connectivity index (χ2n) is 4.98. The van der Waals surface area contributed by atoms with Crippen LogP contribution in [-0.2, 0) is 13.0 Å². The molecule has 0 saturated heterocycles. The van der Waals surface area contributed by atoms with Crippen LogP contribution in [-0.4, -0.2) is 30.3 Å². The van der Waals surface area contributed by atoms with Gasteiger partial charge < -0.3 is 19.8 Å². The number of rotatable bonds is 6. The molecule has 1 aromatic heterocycles. The van der Waals surface area contributed by atoms with Gasteiger partial charge in [-0.3, -0.25) is 9.78 Å². The maximum atomic E-state index is 11.9.